The van der Waals surface area contributed by atoms with Gasteiger partial charge in [-0.3, -0.25) is 4.79 Å². The van der Waals surface area contributed by atoms with Gasteiger partial charge in [0, 0.05) is 19.4 Å². The summed E-state index contributed by atoms with van der Waals surface area (Å²) < 4.78 is 19.3. The number of benzene rings is 1. The Bertz CT molecular complexity index is 1050. The summed E-state index contributed by atoms with van der Waals surface area (Å²) in [7, 11) is 1.29. The van der Waals surface area contributed by atoms with E-state index >= 15 is 0 Å². The summed E-state index contributed by atoms with van der Waals surface area (Å²) in [4.78, 5) is 24.1. The zero-order valence-electron chi connectivity index (χ0n) is 17.6. The van der Waals surface area contributed by atoms with Gasteiger partial charge in [0.1, 0.15) is 17.7 Å². The molecule has 164 valence electrons. The van der Waals surface area contributed by atoms with Crippen molar-refractivity contribution in [1.82, 2.24) is 25.1 Å². The third-order valence-corrected chi connectivity index (χ3v) is 4.73. The van der Waals surface area contributed by atoms with E-state index in [4.69, 9.17) is 4.74 Å². The smallest absolute Gasteiger partial charge is 0.328 e. The number of carbonyl (C=O) groups excluding carboxylic acids is 2. The van der Waals surface area contributed by atoms with Crippen molar-refractivity contribution in [3.63, 3.8) is 0 Å². The zero-order chi connectivity index (χ0) is 22.4. The Hall–Kier alpha value is -3.56. The highest BCUT2D eigenvalue weighted by molar-refractivity contribution is 5.84. The van der Waals surface area contributed by atoms with Crippen molar-refractivity contribution in [2.75, 3.05) is 12.4 Å². The maximum atomic E-state index is 13.0. The predicted octanol–water partition coefficient (Wildman–Crippen LogP) is 2.12. The minimum atomic E-state index is -0.701. The molecule has 9 nitrogen and oxygen atoms in total. The van der Waals surface area contributed by atoms with Gasteiger partial charge < -0.3 is 15.4 Å². The van der Waals surface area contributed by atoms with Gasteiger partial charge in [-0.25, -0.2) is 9.18 Å². The molecule has 2 N–H and O–H groups in total. The molecule has 0 saturated heterocycles. The van der Waals surface area contributed by atoms with Crippen molar-refractivity contribution in [2.45, 2.75) is 39.3 Å². The van der Waals surface area contributed by atoms with Crippen LogP contribution in [0.3, 0.4) is 0 Å². The number of methoxy groups -OCH3 is 1. The average molecular weight is 428 g/mol. The first kappa shape index (κ1) is 22.1. The van der Waals surface area contributed by atoms with Crippen molar-refractivity contribution < 1.29 is 18.7 Å². The molecule has 31 heavy (non-hydrogen) atoms. The molecule has 1 atom stereocenters. The Balaban J connectivity index is 1.63. The second kappa shape index (κ2) is 9.96. The van der Waals surface area contributed by atoms with Gasteiger partial charge in [0.05, 0.1) is 7.11 Å². The molecule has 0 spiro atoms. The fraction of sp³-hybridized carbons (Fsp3) is 0.381. The van der Waals surface area contributed by atoms with Gasteiger partial charge in [-0.1, -0.05) is 26.0 Å². The SMILES string of the molecule is COC(=O)C(NC(=O)CCc1nnc2ccc(NCc3ccc(F)cc3)nn12)C(C)C. The Morgan fingerprint density at radius 3 is 2.55 bits per heavy atom. The van der Waals surface area contributed by atoms with E-state index in [1.807, 2.05) is 13.8 Å². The highest BCUT2D eigenvalue weighted by Crippen LogP contribution is 2.11. The number of nitrogens with zero attached hydrogens (tertiary/aromatic N) is 4. The van der Waals surface area contributed by atoms with Crippen molar-refractivity contribution in [3.05, 3.63) is 53.6 Å². The van der Waals surface area contributed by atoms with E-state index in [0.29, 0.717) is 30.3 Å². The number of carbonyl (C=O) groups is 2. The second-order valence-corrected chi connectivity index (χ2v) is 7.40. The lowest BCUT2D eigenvalue weighted by Gasteiger charge is -2.19. The summed E-state index contributed by atoms with van der Waals surface area (Å²) >= 11 is 0. The molecule has 10 heteroatoms. The highest BCUT2D eigenvalue weighted by atomic mass is 19.1. The molecule has 3 rings (SSSR count). The van der Waals surface area contributed by atoms with Crippen LogP contribution in [0.1, 0.15) is 31.7 Å². The number of anilines is 1. The van der Waals surface area contributed by atoms with Crippen molar-refractivity contribution in [3.8, 4) is 0 Å². The predicted molar refractivity (Wildman–Crippen MR) is 112 cm³/mol. The van der Waals surface area contributed by atoms with E-state index in [1.54, 1.807) is 28.8 Å². The molecular formula is C21H25FN6O3. The molecule has 1 amide bonds. The van der Waals surface area contributed by atoms with Gasteiger partial charge in [-0.2, -0.15) is 4.52 Å². The van der Waals surface area contributed by atoms with Crippen LogP contribution in [0, 0.1) is 11.7 Å². The number of halogens is 1. The standard InChI is InChI=1S/C21H25FN6O3/c1-13(2)20(21(30)31-3)24-19(29)11-10-18-26-25-17-9-8-16(27-28(17)18)23-12-14-4-6-15(22)7-5-14/h4-9,13,20H,10-12H2,1-3H3,(H,23,27)(H,24,29). The van der Waals surface area contributed by atoms with Gasteiger partial charge in [0.25, 0.3) is 0 Å². The number of nitrogens with one attached hydrogen (secondary N) is 2. The number of aromatic nitrogens is 4. The fourth-order valence-corrected chi connectivity index (χ4v) is 2.97. The van der Waals surface area contributed by atoms with E-state index in [0.717, 1.165) is 5.56 Å². The number of rotatable bonds is 9. The monoisotopic (exact) mass is 428 g/mol. The second-order valence-electron chi connectivity index (χ2n) is 7.40. The van der Waals surface area contributed by atoms with Crippen LogP contribution in [0.25, 0.3) is 5.65 Å². The minimum Gasteiger partial charge on any atom is -0.467 e. The molecular weight excluding hydrogens is 403 g/mol. The molecule has 3 aromatic rings. The first-order valence-electron chi connectivity index (χ1n) is 9.94. The van der Waals surface area contributed by atoms with E-state index in [2.05, 4.69) is 25.9 Å². The molecule has 1 unspecified atom stereocenters. The van der Waals surface area contributed by atoms with Gasteiger partial charge in [-0.15, -0.1) is 15.3 Å². The number of aryl methyl sites for hydroxylation is 1. The third kappa shape index (κ3) is 5.74. The van der Waals surface area contributed by atoms with Gasteiger partial charge in [0.2, 0.25) is 5.91 Å². The van der Waals surface area contributed by atoms with E-state index in [1.165, 1.54) is 19.2 Å². The number of ether oxygens (including phenoxy) is 1. The molecule has 1 aromatic carbocycles. The Labute approximate surface area is 179 Å². The maximum absolute atomic E-state index is 13.0. The average Bonchev–Trinajstić information content (AvgIpc) is 3.17. The molecule has 2 heterocycles. The summed E-state index contributed by atoms with van der Waals surface area (Å²) in [5.41, 5.74) is 1.46. The molecule has 0 aliphatic rings. The summed E-state index contributed by atoms with van der Waals surface area (Å²) in [6.45, 7) is 4.14. The van der Waals surface area contributed by atoms with Crippen LogP contribution >= 0.6 is 0 Å². The maximum Gasteiger partial charge on any atom is 0.328 e. The topological polar surface area (TPSA) is 111 Å². The van der Waals surface area contributed by atoms with Crippen LogP contribution in [0.5, 0.6) is 0 Å². The molecule has 0 aliphatic carbocycles. The van der Waals surface area contributed by atoms with Gasteiger partial charge in [-0.05, 0) is 35.7 Å². The van der Waals surface area contributed by atoms with E-state index in [-0.39, 0.29) is 24.1 Å². The molecule has 2 aromatic heterocycles. The summed E-state index contributed by atoms with van der Waals surface area (Å²) in [5.74, 6) is -0.0293. The quantitative estimate of drug-likeness (QED) is 0.502. The zero-order valence-corrected chi connectivity index (χ0v) is 17.6. The number of hydrogen-bond acceptors (Lipinski definition) is 7. The Morgan fingerprint density at radius 1 is 1.13 bits per heavy atom. The van der Waals surface area contributed by atoms with Crippen LogP contribution in [0.2, 0.25) is 0 Å². The third-order valence-electron chi connectivity index (χ3n) is 4.73. The number of fused-ring (bicyclic) bond motifs is 1. The molecule has 0 aliphatic heterocycles. The number of amides is 1. The minimum absolute atomic E-state index is 0.0956. The van der Waals surface area contributed by atoms with E-state index < -0.39 is 12.0 Å². The summed E-state index contributed by atoms with van der Waals surface area (Å²) in [6, 6.07) is 9.04. The first-order chi connectivity index (χ1) is 14.9. The summed E-state index contributed by atoms with van der Waals surface area (Å²) in [5, 5.41) is 18.5. The lowest BCUT2D eigenvalue weighted by molar-refractivity contribution is -0.146. The molecule has 0 bridgehead atoms. The lowest BCUT2D eigenvalue weighted by Crippen LogP contribution is -2.45. The van der Waals surface area contributed by atoms with Crippen molar-refractivity contribution in [2.24, 2.45) is 5.92 Å². The molecule has 0 radical (unpaired) electrons. The normalized spacial score (nSPS) is 12.0. The van der Waals surface area contributed by atoms with Gasteiger partial charge in [0.15, 0.2) is 11.5 Å². The van der Waals surface area contributed by atoms with Crippen LogP contribution in [0.15, 0.2) is 36.4 Å². The van der Waals surface area contributed by atoms with Crippen molar-refractivity contribution >= 4 is 23.3 Å². The van der Waals surface area contributed by atoms with E-state index in [9.17, 15) is 14.0 Å². The van der Waals surface area contributed by atoms with Crippen LogP contribution in [-0.2, 0) is 27.3 Å². The highest BCUT2D eigenvalue weighted by Gasteiger charge is 2.24. The molecule has 0 fully saturated rings. The summed E-state index contributed by atoms with van der Waals surface area (Å²) in [6.07, 6.45) is 0.420. The van der Waals surface area contributed by atoms with Crippen molar-refractivity contribution in [1.29, 1.82) is 0 Å². The number of hydrogen-bond donors (Lipinski definition) is 2. The largest absolute Gasteiger partial charge is 0.467 e. The lowest BCUT2D eigenvalue weighted by atomic mass is 10.0. The Morgan fingerprint density at radius 2 is 1.87 bits per heavy atom. The van der Waals surface area contributed by atoms with Crippen LogP contribution in [0.4, 0.5) is 10.2 Å². The first-order valence-corrected chi connectivity index (χ1v) is 9.94. The van der Waals surface area contributed by atoms with Crippen LogP contribution < -0.4 is 10.6 Å². The fourth-order valence-electron chi connectivity index (χ4n) is 2.97. The van der Waals surface area contributed by atoms with Gasteiger partial charge >= 0.3 is 5.97 Å². The number of esters is 1. The molecule has 0 saturated carbocycles. The Kier molecular flexibility index (Phi) is 7.11. The van der Waals surface area contributed by atoms with Crippen LogP contribution in [-0.4, -0.2) is 44.8 Å².